The van der Waals surface area contributed by atoms with Crippen LogP contribution in [0.4, 0.5) is 0 Å². The summed E-state index contributed by atoms with van der Waals surface area (Å²) in [5, 5.41) is 6.22. The number of thioether (sulfide) groups is 1. The van der Waals surface area contributed by atoms with E-state index in [2.05, 4.69) is 37.4 Å². The highest BCUT2D eigenvalue weighted by molar-refractivity contribution is 8.13. The first-order valence-electron chi connectivity index (χ1n) is 10.0. The number of nitrogens with two attached hydrogens (primary N) is 1. The van der Waals surface area contributed by atoms with Gasteiger partial charge in [-0.15, -0.1) is 23.4 Å². The van der Waals surface area contributed by atoms with Crippen molar-refractivity contribution in [3.05, 3.63) is 69.3 Å². The van der Waals surface area contributed by atoms with Crippen LogP contribution >= 0.6 is 46.6 Å². The average molecular weight is 498 g/mol. The van der Waals surface area contributed by atoms with Gasteiger partial charge in [-0.25, -0.2) is 4.98 Å². The van der Waals surface area contributed by atoms with Crippen LogP contribution in [0.5, 0.6) is 0 Å². The molecule has 1 atom stereocenters. The topological polar surface area (TPSA) is 56.2 Å². The van der Waals surface area contributed by atoms with Crippen molar-refractivity contribution in [3.63, 3.8) is 0 Å². The summed E-state index contributed by atoms with van der Waals surface area (Å²) in [5.74, 6) is 7.26. The monoisotopic (exact) mass is 496 g/mol. The number of hydrogen-bond donors (Lipinski definition) is 1. The molecule has 2 aromatic rings. The maximum Gasteiger partial charge on any atom is 0.117 e. The van der Waals surface area contributed by atoms with Gasteiger partial charge < -0.3 is 10.4 Å². The maximum atomic E-state index is 6.58. The maximum absolute atomic E-state index is 6.58. The molecule has 8 heteroatoms. The average Bonchev–Trinajstić information content (AvgIpc) is 2.99. The van der Waals surface area contributed by atoms with E-state index < -0.39 is 0 Å². The lowest BCUT2D eigenvalue weighted by Crippen LogP contribution is -2.18. The van der Waals surface area contributed by atoms with E-state index in [1.54, 1.807) is 11.8 Å². The zero-order valence-electron chi connectivity index (χ0n) is 18.1. The Balaban J connectivity index is 1.98. The van der Waals surface area contributed by atoms with Gasteiger partial charge in [0.25, 0.3) is 0 Å². The van der Waals surface area contributed by atoms with E-state index >= 15 is 0 Å². The molecule has 1 aliphatic rings. The fourth-order valence-corrected chi connectivity index (χ4v) is 5.20. The summed E-state index contributed by atoms with van der Waals surface area (Å²) in [7, 11) is 0. The van der Waals surface area contributed by atoms with Gasteiger partial charge in [0.15, 0.2) is 0 Å². The quantitative estimate of drug-likeness (QED) is 0.159. The Morgan fingerprint density at radius 1 is 1.23 bits per heavy atom. The van der Waals surface area contributed by atoms with Crippen molar-refractivity contribution in [1.29, 1.82) is 0 Å². The predicted octanol–water partition coefficient (Wildman–Crippen LogP) is 6.99. The minimum Gasteiger partial charge on any atom is -0.323 e. The number of allylic oxidation sites excluding steroid dienone is 4. The highest BCUT2D eigenvalue weighted by Crippen LogP contribution is 2.32. The van der Waals surface area contributed by atoms with Crippen molar-refractivity contribution in [2.75, 3.05) is 0 Å². The molecule has 1 unspecified atom stereocenters. The van der Waals surface area contributed by atoms with Crippen LogP contribution in [0.2, 0.25) is 5.02 Å². The minimum absolute atomic E-state index is 0.112. The van der Waals surface area contributed by atoms with Crippen molar-refractivity contribution in [1.82, 2.24) is 9.55 Å². The number of aromatic nitrogens is 2. The molecule has 31 heavy (non-hydrogen) atoms. The molecule has 0 spiro atoms. The molecule has 4 nitrogen and oxygen atoms in total. The van der Waals surface area contributed by atoms with Gasteiger partial charge in [-0.05, 0) is 42.8 Å². The lowest BCUT2D eigenvalue weighted by atomic mass is 9.99. The molecule has 0 amide bonds. The van der Waals surface area contributed by atoms with E-state index in [4.69, 9.17) is 45.6 Å². The van der Waals surface area contributed by atoms with E-state index in [1.807, 2.05) is 36.4 Å². The number of halogens is 3. The second-order valence-corrected chi connectivity index (χ2v) is 11.0. The first-order chi connectivity index (χ1) is 14.6. The van der Waals surface area contributed by atoms with E-state index in [9.17, 15) is 0 Å². The minimum atomic E-state index is -0.136. The number of benzene rings is 1. The van der Waals surface area contributed by atoms with Crippen LogP contribution in [0.25, 0.3) is 5.69 Å². The zero-order valence-corrected chi connectivity index (χ0v) is 21.2. The molecular formula is C23H27Cl3N4S. The number of rotatable bonds is 5. The van der Waals surface area contributed by atoms with Crippen LogP contribution < -0.4 is 5.84 Å². The summed E-state index contributed by atoms with van der Waals surface area (Å²) in [5.41, 5.74) is 4.08. The molecule has 0 radical (unpaired) electrons. The largest absolute Gasteiger partial charge is 0.323 e. The van der Waals surface area contributed by atoms with Gasteiger partial charge in [0.05, 0.1) is 16.1 Å². The molecule has 0 aliphatic heterocycles. The van der Waals surface area contributed by atoms with Gasteiger partial charge in [-0.2, -0.15) is 5.10 Å². The molecule has 2 N–H and O–H groups in total. The molecule has 1 aromatic heterocycles. The summed E-state index contributed by atoms with van der Waals surface area (Å²) in [6, 6.07) is 7.78. The summed E-state index contributed by atoms with van der Waals surface area (Å²) in [6.07, 6.45) is 5.20. The van der Waals surface area contributed by atoms with Gasteiger partial charge >= 0.3 is 0 Å². The molecule has 3 rings (SSSR count). The molecule has 166 valence electrons. The van der Waals surface area contributed by atoms with Gasteiger partial charge in [0.2, 0.25) is 0 Å². The molecule has 1 aliphatic carbocycles. The van der Waals surface area contributed by atoms with Crippen LogP contribution in [0.3, 0.4) is 0 Å². The van der Waals surface area contributed by atoms with E-state index in [0.717, 1.165) is 38.5 Å². The molecule has 1 aromatic carbocycles. The van der Waals surface area contributed by atoms with Crippen LogP contribution in [0.1, 0.15) is 44.4 Å². The molecule has 0 saturated carbocycles. The molecule has 0 bridgehead atoms. The highest BCUT2D eigenvalue weighted by atomic mass is 35.5. The Morgan fingerprint density at radius 2 is 1.90 bits per heavy atom. The number of nitrogens with zero attached hydrogens (tertiary/aromatic N) is 3. The van der Waals surface area contributed by atoms with Crippen LogP contribution in [0, 0.1) is 12.3 Å². The lowest BCUT2D eigenvalue weighted by Gasteiger charge is -2.19. The first kappa shape index (κ1) is 24.2. The molecular weight excluding hydrogens is 471 g/mol. The van der Waals surface area contributed by atoms with E-state index in [1.165, 1.54) is 0 Å². The number of alkyl halides is 1. The van der Waals surface area contributed by atoms with Crippen LogP contribution in [-0.2, 0) is 12.2 Å². The number of imidazole rings is 1. The van der Waals surface area contributed by atoms with Crippen LogP contribution in [-0.4, -0.2) is 20.0 Å². The highest BCUT2D eigenvalue weighted by Gasteiger charge is 2.24. The van der Waals surface area contributed by atoms with Crippen LogP contribution in [0.15, 0.2) is 52.1 Å². The van der Waals surface area contributed by atoms with Gasteiger partial charge in [-0.1, -0.05) is 50.0 Å². The Kier molecular flexibility index (Phi) is 7.85. The Bertz CT molecular complexity index is 1030. The van der Waals surface area contributed by atoms with Gasteiger partial charge in [-0.3, -0.25) is 0 Å². The second kappa shape index (κ2) is 10.0. The van der Waals surface area contributed by atoms with Gasteiger partial charge in [0.1, 0.15) is 5.82 Å². The van der Waals surface area contributed by atoms with Gasteiger partial charge in [0, 0.05) is 45.4 Å². The first-order valence-corrected chi connectivity index (χ1v) is 12.2. The standard InChI is InChI=1S/C23H27Cl3N4S/c1-14-20(13-31-22(29-27)23(2,3)4)28-21(11-15-5-6-17(25)12-19(15)26)30(14)18-9-7-16(24)8-10-18/h5-10,19H,11-13,27H2,1-4H3/b29-22-. The Labute approximate surface area is 203 Å². The number of hydrogen-bond acceptors (Lipinski definition) is 4. The van der Waals surface area contributed by atoms with Crippen molar-refractivity contribution in [2.45, 2.75) is 51.7 Å². The van der Waals surface area contributed by atoms with E-state index in [-0.39, 0.29) is 10.8 Å². The van der Waals surface area contributed by atoms with Crippen molar-refractivity contribution < 1.29 is 0 Å². The smallest absolute Gasteiger partial charge is 0.117 e. The third-order valence-corrected chi connectivity index (χ3v) is 7.46. The van der Waals surface area contributed by atoms with Crippen molar-refractivity contribution in [2.24, 2.45) is 16.4 Å². The van der Waals surface area contributed by atoms with E-state index in [0.29, 0.717) is 23.6 Å². The lowest BCUT2D eigenvalue weighted by molar-refractivity contribution is 0.599. The third kappa shape index (κ3) is 5.89. The molecule has 0 saturated heterocycles. The fraction of sp³-hybridized carbons (Fsp3) is 0.391. The van der Waals surface area contributed by atoms with Crippen molar-refractivity contribution in [3.8, 4) is 5.69 Å². The molecule has 0 fully saturated rings. The number of hydrazone groups is 1. The summed E-state index contributed by atoms with van der Waals surface area (Å²) >= 11 is 20.5. The Hall–Kier alpha value is -1.40. The van der Waals surface area contributed by atoms with Crippen molar-refractivity contribution >= 4 is 51.6 Å². The third-order valence-electron chi connectivity index (χ3n) is 5.08. The predicted molar refractivity (Wildman–Crippen MR) is 136 cm³/mol. The second-order valence-electron chi connectivity index (χ2n) is 8.55. The summed E-state index contributed by atoms with van der Waals surface area (Å²) in [4.78, 5) is 5.00. The SMILES string of the molecule is Cc1c(CS/C(=N\N)C(C)(C)C)nc(CC2=CC=C(Cl)CC2Cl)n1-c1ccc(Cl)cc1. The normalized spacial score (nSPS) is 17.5. The summed E-state index contributed by atoms with van der Waals surface area (Å²) < 4.78 is 2.17. The summed E-state index contributed by atoms with van der Waals surface area (Å²) in [6.45, 7) is 8.39. The molecule has 1 heterocycles. The fourth-order valence-electron chi connectivity index (χ4n) is 3.41. The zero-order chi connectivity index (χ0) is 22.8. The Morgan fingerprint density at radius 3 is 2.48 bits per heavy atom.